The van der Waals surface area contributed by atoms with Gasteiger partial charge in [-0.15, -0.1) is 10.2 Å². The minimum atomic E-state index is -1.07. The van der Waals surface area contributed by atoms with E-state index in [1.54, 1.807) is 56.7 Å². The van der Waals surface area contributed by atoms with Gasteiger partial charge >= 0.3 is 0 Å². The van der Waals surface area contributed by atoms with Crippen LogP contribution >= 0.6 is 11.6 Å². The van der Waals surface area contributed by atoms with Crippen molar-refractivity contribution in [3.63, 3.8) is 0 Å². The average molecular weight is 617 g/mol. The van der Waals surface area contributed by atoms with E-state index >= 15 is 0 Å². The van der Waals surface area contributed by atoms with Gasteiger partial charge in [0.25, 0.3) is 5.91 Å². The van der Waals surface area contributed by atoms with E-state index in [0.717, 1.165) is 44.1 Å². The number of nitrogens with zero attached hydrogens (tertiary/aromatic N) is 5. The van der Waals surface area contributed by atoms with Crippen molar-refractivity contribution in [1.29, 1.82) is 0 Å². The molecule has 1 aromatic heterocycles. The van der Waals surface area contributed by atoms with Crippen molar-refractivity contribution in [3.8, 4) is 22.9 Å². The van der Waals surface area contributed by atoms with Crippen molar-refractivity contribution >= 4 is 29.1 Å². The first-order chi connectivity index (χ1) is 21.4. The fraction of sp³-hybridized carbons (Fsp3) is 0.364. The van der Waals surface area contributed by atoms with Crippen LogP contribution in [0.1, 0.15) is 56.2 Å². The number of rotatable bonds is 11. The number of benzene rings is 3. The highest BCUT2D eigenvalue weighted by molar-refractivity contribution is 6.30. The van der Waals surface area contributed by atoms with Crippen LogP contribution in [-0.2, 0) is 22.6 Å². The summed E-state index contributed by atoms with van der Waals surface area (Å²) in [5, 5.41) is 16.6. The van der Waals surface area contributed by atoms with Gasteiger partial charge in [-0.3, -0.25) is 14.5 Å². The molecule has 0 saturated heterocycles. The number of carbonyl (C=O) groups excluding carboxylic acids is 2. The standard InChI is InChI=1S/C33H37ClN6O4/c1-4-22-10-16-26(17-11-22)40(30(41)21-39-37-32(36-38-39)23-12-14-24(34)15-13-23)31(33(42)35-25-8-6-5-7-9-25)28-20-27(43-2)18-19-29(28)44-3/h10-20,25,31H,4-9,21H2,1-3H3,(H,35,42)/t31-/m1/s1. The van der Waals surface area contributed by atoms with Gasteiger partial charge in [0.2, 0.25) is 11.7 Å². The normalized spacial score (nSPS) is 14.1. The molecule has 0 radical (unpaired) electrons. The molecule has 1 aliphatic carbocycles. The predicted octanol–water partition coefficient (Wildman–Crippen LogP) is 5.80. The molecule has 44 heavy (non-hydrogen) atoms. The van der Waals surface area contributed by atoms with Crippen LogP contribution in [0.15, 0.2) is 66.7 Å². The Morgan fingerprint density at radius 2 is 1.73 bits per heavy atom. The molecule has 0 bridgehead atoms. The van der Waals surface area contributed by atoms with Crippen LogP contribution in [0, 0.1) is 0 Å². The van der Waals surface area contributed by atoms with Gasteiger partial charge in [-0.1, -0.05) is 49.9 Å². The third-order valence-electron chi connectivity index (χ3n) is 7.91. The molecule has 10 nitrogen and oxygen atoms in total. The number of halogens is 1. The van der Waals surface area contributed by atoms with E-state index in [1.165, 1.54) is 9.70 Å². The summed E-state index contributed by atoms with van der Waals surface area (Å²) >= 11 is 6.03. The van der Waals surface area contributed by atoms with Gasteiger partial charge in [-0.05, 0) is 84.6 Å². The van der Waals surface area contributed by atoms with E-state index in [-0.39, 0.29) is 18.5 Å². The summed E-state index contributed by atoms with van der Waals surface area (Å²) in [5.41, 5.74) is 2.88. The van der Waals surface area contributed by atoms with Gasteiger partial charge in [0.05, 0.1) is 14.2 Å². The van der Waals surface area contributed by atoms with Crippen molar-refractivity contribution < 1.29 is 19.1 Å². The maximum atomic E-state index is 14.4. The van der Waals surface area contributed by atoms with Crippen LogP contribution in [0.2, 0.25) is 5.02 Å². The number of nitrogens with one attached hydrogen (secondary N) is 1. The summed E-state index contributed by atoms with van der Waals surface area (Å²) in [4.78, 5) is 31.4. The second kappa shape index (κ2) is 14.4. The predicted molar refractivity (Wildman–Crippen MR) is 169 cm³/mol. The van der Waals surface area contributed by atoms with Crippen molar-refractivity contribution in [3.05, 3.63) is 82.9 Å². The Morgan fingerprint density at radius 3 is 2.39 bits per heavy atom. The number of hydrogen-bond acceptors (Lipinski definition) is 7. The molecule has 11 heteroatoms. The van der Waals surface area contributed by atoms with Gasteiger partial charge in [-0.2, -0.15) is 4.80 Å². The first-order valence-corrected chi connectivity index (χ1v) is 15.2. The van der Waals surface area contributed by atoms with Crippen molar-refractivity contribution in [2.24, 2.45) is 0 Å². The van der Waals surface area contributed by atoms with Gasteiger partial charge in [0.1, 0.15) is 24.1 Å². The van der Waals surface area contributed by atoms with Crippen molar-refractivity contribution in [2.75, 3.05) is 19.1 Å². The Balaban J connectivity index is 1.57. The number of hydrogen-bond donors (Lipinski definition) is 1. The van der Waals surface area contributed by atoms with E-state index in [2.05, 4.69) is 27.7 Å². The summed E-state index contributed by atoms with van der Waals surface area (Å²) in [5.74, 6) is 0.652. The van der Waals surface area contributed by atoms with E-state index in [9.17, 15) is 9.59 Å². The Labute approximate surface area is 262 Å². The summed E-state index contributed by atoms with van der Waals surface area (Å²) in [6.45, 7) is 1.81. The second-order valence-corrected chi connectivity index (χ2v) is 11.2. The third kappa shape index (κ3) is 7.19. The van der Waals surface area contributed by atoms with Crippen LogP contribution in [0.25, 0.3) is 11.4 Å². The van der Waals surface area contributed by atoms with Crippen LogP contribution in [-0.4, -0.2) is 52.3 Å². The van der Waals surface area contributed by atoms with Crippen LogP contribution in [0.5, 0.6) is 11.5 Å². The molecule has 2 amide bonds. The zero-order valence-electron chi connectivity index (χ0n) is 25.2. The molecule has 1 fully saturated rings. The average Bonchev–Trinajstić information content (AvgIpc) is 3.52. The van der Waals surface area contributed by atoms with Crippen molar-refractivity contribution in [1.82, 2.24) is 25.5 Å². The van der Waals surface area contributed by atoms with Gasteiger partial charge in [0, 0.05) is 27.9 Å². The molecule has 0 spiro atoms. The lowest BCUT2D eigenvalue weighted by atomic mass is 9.94. The van der Waals surface area contributed by atoms with E-state index in [4.69, 9.17) is 21.1 Å². The van der Waals surface area contributed by atoms with Crippen LogP contribution in [0.4, 0.5) is 5.69 Å². The maximum absolute atomic E-state index is 14.4. The molecule has 1 N–H and O–H groups in total. The highest BCUT2D eigenvalue weighted by Crippen LogP contribution is 2.37. The number of aryl methyl sites for hydroxylation is 1. The van der Waals surface area contributed by atoms with E-state index < -0.39 is 11.9 Å². The molecule has 230 valence electrons. The Hall–Kier alpha value is -4.44. The van der Waals surface area contributed by atoms with E-state index in [1.807, 2.05) is 24.3 Å². The lowest BCUT2D eigenvalue weighted by Crippen LogP contribution is -2.48. The number of ether oxygens (including phenoxy) is 2. The summed E-state index contributed by atoms with van der Waals surface area (Å²) in [6, 6.07) is 18.9. The number of aromatic nitrogens is 4. The number of amides is 2. The minimum Gasteiger partial charge on any atom is -0.497 e. The number of tetrazole rings is 1. The van der Waals surface area contributed by atoms with Crippen molar-refractivity contribution in [2.45, 2.75) is 64.1 Å². The second-order valence-electron chi connectivity index (χ2n) is 10.8. The molecular formula is C33H37ClN6O4. The summed E-state index contributed by atoms with van der Waals surface area (Å²) in [6.07, 6.45) is 5.86. The van der Waals surface area contributed by atoms with Gasteiger partial charge in [0.15, 0.2) is 0 Å². The molecule has 1 saturated carbocycles. The fourth-order valence-electron chi connectivity index (χ4n) is 5.53. The smallest absolute Gasteiger partial charge is 0.251 e. The maximum Gasteiger partial charge on any atom is 0.251 e. The molecule has 4 aromatic rings. The number of methoxy groups -OCH3 is 2. The molecular weight excluding hydrogens is 580 g/mol. The first-order valence-electron chi connectivity index (χ1n) is 14.9. The lowest BCUT2D eigenvalue weighted by molar-refractivity contribution is -0.127. The Morgan fingerprint density at radius 1 is 1.00 bits per heavy atom. The van der Waals surface area contributed by atoms with E-state index in [0.29, 0.717) is 39.2 Å². The Bertz CT molecular complexity index is 1570. The molecule has 1 heterocycles. The SMILES string of the molecule is CCc1ccc(N(C(=O)Cn2nnc(-c3ccc(Cl)cc3)n2)[C@@H](C(=O)NC2CCCCC2)c2cc(OC)ccc2OC)cc1. The summed E-state index contributed by atoms with van der Waals surface area (Å²) < 4.78 is 11.3. The highest BCUT2D eigenvalue weighted by Gasteiger charge is 2.36. The van der Waals surface area contributed by atoms with Gasteiger partial charge in [-0.25, -0.2) is 0 Å². The monoisotopic (exact) mass is 616 g/mol. The number of carbonyl (C=O) groups is 2. The van der Waals surface area contributed by atoms with Crippen LogP contribution in [0.3, 0.4) is 0 Å². The molecule has 0 unspecified atom stereocenters. The largest absolute Gasteiger partial charge is 0.497 e. The molecule has 3 aromatic carbocycles. The summed E-state index contributed by atoms with van der Waals surface area (Å²) in [7, 11) is 3.10. The fourth-order valence-corrected chi connectivity index (χ4v) is 5.65. The molecule has 1 aliphatic rings. The molecule has 0 aliphatic heterocycles. The first kappa shape index (κ1) is 31.0. The quantitative estimate of drug-likeness (QED) is 0.227. The Kier molecular flexibility index (Phi) is 10.1. The highest BCUT2D eigenvalue weighted by atomic mass is 35.5. The lowest BCUT2D eigenvalue weighted by Gasteiger charge is -2.34. The van der Waals surface area contributed by atoms with Crippen LogP contribution < -0.4 is 19.7 Å². The zero-order chi connectivity index (χ0) is 31.1. The number of anilines is 1. The molecule has 1 atom stereocenters. The van der Waals surface area contributed by atoms with Gasteiger partial charge < -0.3 is 14.8 Å². The minimum absolute atomic E-state index is 0.0219. The molecule has 5 rings (SSSR count). The topological polar surface area (TPSA) is 111 Å². The third-order valence-corrected chi connectivity index (χ3v) is 8.16. The zero-order valence-corrected chi connectivity index (χ0v) is 26.0.